The van der Waals surface area contributed by atoms with E-state index in [-0.39, 0.29) is 6.04 Å². The van der Waals surface area contributed by atoms with Crippen molar-refractivity contribution in [2.24, 2.45) is 0 Å². The summed E-state index contributed by atoms with van der Waals surface area (Å²) < 4.78 is 0. The molecule has 0 saturated heterocycles. The third kappa shape index (κ3) is 2.81. The molecule has 0 radical (unpaired) electrons. The van der Waals surface area contributed by atoms with Gasteiger partial charge in [-0.1, -0.05) is 6.07 Å². The summed E-state index contributed by atoms with van der Waals surface area (Å²) in [5.74, 6) is -0.854. The molecule has 1 heterocycles. The highest BCUT2D eigenvalue weighted by molar-refractivity contribution is 5.72. The maximum atomic E-state index is 10.6. The number of rotatable bonds is 4. The van der Waals surface area contributed by atoms with E-state index >= 15 is 0 Å². The zero-order valence-corrected chi connectivity index (χ0v) is 8.27. The van der Waals surface area contributed by atoms with Crippen LogP contribution in [0, 0.1) is 0 Å². The zero-order chi connectivity index (χ0) is 10.6. The number of hydrogen-bond acceptors (Lipinski definition) is 3. The molecular formula is C10H14N2O2. The summed E-state index contributed by atoms with van der Waals surface area (Å²) in [6.07, 6.45) is 1.69. The largest absolute Gasteiger partial charge is 0.480 e. The van der Waals surface area contributed by atoms with E-state index in [1.54, 1.807) is 13.1 Å². The van der Waals surface area contributed by atoms with E-state index in [0.29, 0.717) is 0 Å². The molecule has 0 fully saturated rings. The standard InChI is InChI=1S/C10H14N2O2/c1-7(12-8(2)10(13)14)9-5-3-4-6-11-9/h3-8,12H,1-2H3,(H,13,14)/t7-,8?/m0/s1. The fourth-order valence-corrected chi connectivity index (χ4v) is 1.16. The van der Waals surface area contributed by atoms with Gasteiger partial charge in [-0.2, -0.15) is 0 Å². The Morgan fingerprint density at radius 2 is 2.21 bits per heavy atom. The second-order valence-corrected chi connectivity index (χ2v) is 3.20. The molecule has 2 N–H and O–H groups in total. The lowest BCUT2D eigenvalue weighted by Gasteiger charge is -2.16. The number of carboxylic acids is 1. The van der Waals surface area contributed by atoms with Crippen LogP contribution in [0.15, 0.2) is 24.4 Å². The maximum Gasteiger partial charge on any atom is 0.320 e. The summed E-state index contributed by atoms with van der Waals surface area (Å²) >= 11 is 0. The first kappa shape index (κ1) is 10.7. The fraction of sp³-hybridized carbons (Fsp3) is 0.400. The van der Waals surface area contributed by atoms with E-state index in [2.05, 4.69) is 10.3 Å². The number of aliphatic carboxylic acids is 1. The Bertz CT molecular complexity index is 300. The number of hydrogen-bond donors (Lipinski definition) is 2. The number of pyridine rings is 1. The highest BCUT2D eigenvalue weighted by Gasteiger charge is 2.14. The third-order valence-corrected chi connectivity index (χ3v) is 2.00. The van der Waals surface area contributed by atoms with Gasteiger partial charge < -0.3 is 5.11 Å². The maximum absolute atomic E-state index is 10.6. The lowest BCUT2D eigenvalue weighted by atomic mass is 10.2. The number of nitrogens with one attached hydrogen (secondary N) is 1. The van der Waals surface area contributed by atoms with Crippen molar-refractivity contribution in [1.82, 2.24) is 10.3 Å². The molecule has 1 aromatic rings. The van der Waals surface area contributed by atoms with Crippen LogP contribution in [-0.4, -0.2) is 22.1 Å². The number of carbonyl (C=O) groups is 1. The van der Waals surface area contributed by atoms with Crippen LogP contribution < -0.4 is 5.32 Å². The Morgan fingerprint density at radius 3 is 2.71 bits per heavy atom. The van der Waals surface area contributed by atoms with Crippen molar-refractivity contribution in [3.8, 4) is 0 Å². The molecule has 2 atom stereocenters. The lowest BCUT2D eigenvalue weighted by Crippen LogP contribution is -2.35. The van der Waals surface area contributed by atoms with E-state index in [1.165, 1.54) is 0 Å². The molecule has 0 saturated carbocycles. The van der Waals surface area contributed by atoms with Gasteiger partial charge in [0.2, 0.25) is 0 Å². The molecule has 0 aliphatic heterocycles. The van der Waals surface area contributed by atoms with Crippen molar-refractivity contribution in [3.05, 3.63) is 30.1 Å². The molecule has 0 amide bonds. The molecule has 0 spiro atoms. The summed E-state index contributed by atoms with van der Waals surface area (Å²) in [6.45, 7) is 3.50. The summed E-state index contributed by atoms with van der Waals surface area (Å²) in [7, 11) is 0. The molecule has 0 aliphatic carbocycles. The summed E-state index contributed by atoms with van der Waals surface area (Å²) in [5, 5.41) is 11.6. The number of nitrogens with zero attached hydrogens (tertiary/aromatic N) is 1. The fourth-order valence-electron chi connectivity index (χ4n) is 1.16. The zero-order valence-electron chi connectivity index (χ0n) is 8.27. The van der Waals surface area contributed by atoms with Crippen LogP contribution in [0.5, 0.6) is 0 Å². The minimum absolute atomic E-state index is 0.0534. The van der Waals surface area contributed by atoms with Gasteiger partial charge in [-0.25, -0.2) is 0 Å². The summed E-state index contributed by atoms with van der Waals surface area (Å²) in [6, 6.07) is 4.96. The topological polar surface area (TPSA) is 62.2 Å². The van der Waals surface area contributed by atoms with Crippen molar-refractivity contribution in [1.29, 1.82) is 0 Å². The molecule has 1 aromatic heterocycles. The SMILES string of the molecule is CC(N[C@@H](C)c1ccccn1)C(=O)O. The number of aromatic nitrogens is 1. The quantitative estimate of drug-likeness (QED) is 0.756. The first-order valence-electron chi connectivity index (χ1n) is 4.51. The molecule has 0 bridgehead atoms. The van der Waals surface area contributed by atoms with Gasteiger partial charge in [0.1, 0.15) is 6.04 Å². The van der Waals surface area contributed by atoms with Gasteiger partial charge in [-0.05, 0) is 26.0 Å². The smallest absolute Gasteiger partial charge is 0.320 e. The van der Waals surface area contributed by atoms with Crippen LogP contribution in [0.3, 0.4) is 0 Å². The van der Waals surface area contributed by atoms with Crippen LogP contribution in [0.4, 0.5) is 0 Å². The average Bonchev–Trinajstić information content (AvgIpc) is 2.19. The predicted molar refractivity (Wildman–Crippen MR) is 52.9 cm³/mol. The van der Waals surface area contributed by atoms with Crippen LogP contribution in [0.1, 0.15) is 25.6 Å². The average molecular weight is 194 g/mol. The van der Waals surface area contributed by atoms with E-state index in [0.717, 1.165) is 5.69 Å². The van der Waals surface area contributed by atoms with Gasteiger partial charge in [0, 0.05) is 12.2 Å². The molecule has 0 aliphatic rings. The molecule has 76 valence electrons. The predicted octanol–water partition coefficient (Wildman–Crippen LogP) is 1.21. The molecule has 4 heteroatoms. The van der Waals surface area contributed by atoms with Gasteiger partial charge in [-0.15, -0.1) is 0 Å². The van der Waals surface area contributed by atoms with Crippen LogP contribution in [-0.2, 0) is 4.79 Å². The van der Waals surface area contributed by atoms with Gasteiger partial charge in [0.15, 0.2) is 0 Å². The van der Waals surface area contributed by atoms with Gasteiger partial charge in [0.25, 0.3) is 0 Å². The van der Waals surface area contributed by atoms with Crippen molar-refractivity contribution in [3.63, 3.8) is 0 Å². The highest BCUT2D eigenvalue weighted by atomic mass is 16.4. The van der Waals surface area contributed by atoms with Crippen molar-refractivity contribution in [2.75, 3.05) is 0 Å². The Balaban J connectivity index is 2.59. The van der Waals surface area contributed by atoms with Crippen LogP contribution in [0.2, 0.25) is 0 Å². The molecule has 14 heavy (non-hydrogen) atoms. The second-order valence-electron chi connectivity index (χ2n) is 3.20. The lowest BCUT2D eigenvalue weighted by molar-refractivity contribution is -0.139. The van der Waals surface area contributed by atoms with E-state index < -0.39 is 12.0 Å². The van der Waals surface area contributed by atoms with Crippen molar-refractivity contribution < 1.29 is 9.90 Å². The first-order chi connectivity index (χ1) is 6.61. The monoisotopic (exact) mass is 194 g/mol. The van der Waals surface area contributed by atoms with Gasteiger partial charge in [-0.3, -0.25) is 15.1 Å². The highest BCUT2D eigenvalue weighted by Crippen LogP contribution is 2.08. The Kier molecular flexibility index (Phi) is 3.59. The summed E-state index contributed by atoms with van der Waals surface area (Å²) in [5.41, 5.74) is 0.848. The Labute approximate surface area is 83.0 Å². The molecule has 0 aromatic carbocycles. The Morgan fingerprint density at radius 1 is 1.50 bits per heavy atom. The normalized spacial score (nSPS) is 14.7. The first-order valence-corrected chi connectivity index (χ1v) is 4.51. The minimum atomic E-state index is -0.854. The van der Waals surface area contributed by atoms with Crippen molar-refractivity contribution in [2.45, 2.75) is 25.9 Å². The van der Waals surface area contributed by atoms with Crippen LogP contribution in [0.25, 0.3) is 0 Å². The van der Waals surface area contributed by atoms with E-state index in [1.807, 2.05) is 25.1 Å². The second kappa shape index (κ2) is 4.72. The van der Waals surface area contributed by atoms with E-state index in [9.17, 15) is 4.79 Å². The molecule has 1 rings (SSSR count). The third-order valence-electron chi connectivity index (χ3n) is 2.00. The van der Waals surface area contributed by atoms with Gasteiger partial charge in [0.05, 0.1) is 5.69 Å². The van der Waals surface area contributed by atoms with Gasteiger partial charge >= 0.3 is 5.97 Å². The summed E-state index contributed by atoms with van der Waals surface area (Å²) in [4.78, 5) is 14.7. The molecule has 1 unspecified atom stereocenters. The minimum Gasteiger partial charge on any atom is -0.480 e. The van der Waals surface area contributed by atoms with E-state index in [4.69, 9.17) is 5.11 Å². The van der Waals surface area contributed by atoms with Crippen molar-refractivity contribution >= 4 is 5.97 Å². The number of carboxylic acid groups (broad SMARTS) is 1. The van der Waals surface area contributed by atoms with Crippen LogP contribution >= 0.6 is 0 Å². The molecule has 4 nitrogen and oxygen atoms in total. The molecular weight excluding hydrogens is 180 g/mol. The Hall–Kier alpha value is -1.42.